The maximum Gasteiger partial charge on any atom is 0.316 e. The van der Waals surface area contributed by atoms with Crippen LogP contribution in [0.25, 0.3) is 11.5 Å². The minimum Gasteiger partial charge on any atom is -0.455 e. The molecule has 0 saturated heterocycles. The van der Waals surface area contributed by atoms with Crippen molar-refractivity contribution in [2.75, 3.05) is 24.5 Å². The van der Waals surface area contributed by atoms with Crippen molar-refractivity contribution in [1.29, 1.82) is 0 Å². The van der Waals surface area contributed by atoms with Gasteiger partial charge in [0.2, 0.25) is 12.7 Å². The van der Waals surface area contributed by atoms with E-state index in [4.69, 9.17) is 30.2 Å². The van der Waals surface area contributed by atoms with Gasteiger partial charge in [0.25, 0.3) is 11.1 Å². The van der Waals surface area contributed by atoms with Crippen molar-refractivity contribution in [2.45, 2.75) is 5.22 Å². The van der Waals surface area contributed by atoms with Gasteiger partial charge < -0.3 is 23.9 Å². The number of nitrogens with one attached hydrogen (secondary N) is 1. The second-order valence-electron chi connectivity index (χ2n) is 5.95. The van der Waals surface area contributed by atoms with E-state index in [9.17, 15) is 9.59 Å². The summed E-state index contributed by atoms with van der Waals surface area (Å²) in [4.78, 5) is 23.8. The summed E-state index contributed by atoms with van der Waals surface area (Å²) >= 11 is 6.86. The normalized spacial score (nSPS) is 11.9. The SMILES string of the molecule is O=C(COC(=O)CSc1nnc(-c2ccc(Cl)cc2)o1)Nc1ccc2c(c1)OCO2. The van der Waals surface area contributed by atoms with Gasteiger partial charge in [-0.2, -0.15) is 0 Å². The van der Waals surface area contributed by atoms with E-state index in [0.717, 1.165) is 11.8 Å². The van der Waals surface area contributed by atoms with Crippen molar-refractivity contribution in [3.8, 4) is 23.0 Å². The fourth-order valence-electron chi connectivity index (χ4n) is 2.46. The lowest BCUT2D eigenvalue weighted by molar-refractivity contribution is -0.144. The summed E-state index contributed by atoms with van der Waals surface area (Å²) in [6.07, 6.45) is 0. The third kappa shape index (κ3) is 5.02. The molecule has 30 heavy (non-hydrogen) atoms. The van der Waals surface area contributed by atoms with Crippen LogP contribution in [0.5, 0.6) is 11.5 Å². The maximum atomic E-state index is 12.0. The van der Waals surface area contributed by atoms with Gasteiger partial charge in [-0.05, 0) is 36.4 Å². The first-order valence-electron chi connectivity index (χ1n) is 8.64. The Morgan fingerprint density at radius 1 is 1.10 bits per heavy atom. The van der Waals surface area contributed by atoms with E-state index < -0.39 is 18.5 Å². The van der Waals surface area contributed by atoms with Crippen LogP contribution in [0.2, 0.25) is 5.02 Å². The quantitative estimate of drug-likeness (QED) is 0.430. The molecule has 0 unspecified atom stereocenters. The Hall–Kier alpha value is -3.24. The monoisotopic (exact) mass is 447 g/mol. The molecule has 11 heteroatoms. The first kappa shape index (κ1) is 20.0. The second kappa shape index (κ2) is 9.06. The molecule has 4 rings (SSSR count). The van der Waals surface area contributed by atoms with Crippen LogP contribution >= 0.6 is 23.4 Å². The van der Waals surface area contributed by atoms with Gasteiger partial charge in [-0.25, -0.2) is 0 Å². The van der Waals surface area contributed by atoms with Crippen molar-refractivity contribution in [1.82, 2.24) is 10.2 Å². The van der Waals surface area contributed by atoms with Crippen LogP contribution in [0.1, 0.15) is 0 Å². The van der Waals surface area contributed by atoms with Crippen LogP contribution in [-0.4, -0.2) is 41.2 Å². The lowest BCUT2D eigenvalue weighted by atomic mass is 10.2. The standard InChI is InChI=1S/C19H14ClN3O6S/c20-12-3-1-11(2-4-12)18-22-23-19(29-18)30-9-17(25)26-8-16(24)21-13-5-6-14-15(7-13)28-10-27-14/h1-7H,8-10H2,(H,21,24). The predicted molar refractivity (Wildman–Crippen MR) is 108 cm³/mol. The molecule has 0 radical (unpaired) electrons. The first-order chi connectivity index (χ1) is 14.6. The van der Waals surface area contributed by atoms with Crippen molar-refractivity contribution >= 4 is 40.9 Å². The Morgan fingerprint density at radius 3 is 2.73 bits per heavy atom. The number of nitrogens with zero attached hydrogens (tertiary/aromatic N) is 2. The molecular weight excluding hydrogens is 434 g/mol. The summed E-state index contributed by atoms with van der Waals surface area (Å²) in [5, 5.41) is 11.2. The number of carbonyl (C=O) groups is 2. The molecule has 9 nitrogen and oxygen atoms in total. The highest BCUT2D eigenvalue weighted by molar-refractivity contribution is 7.99. The zero-order chi connectivity index (χ0) is 20.9. The van der Waals surface area contributed by atoms with Crippen LogP contribution in [0.3, 0.4) is 0 Å². The number of hydrogen-bond donors (Lipinski definition) is 1. The van der Waals surface area contributed by atoms with Crippen molar-refractivity contribution in [3.63, 3.8) is 0 Å². The molecule has 0 atom stereocenters. The number of ether oxygens (including phenoxy) is 3. The molecule has 0 fully saturated rings. The summed E-state index contributed by atoms with van der Waals surface area (Å²) in [5.74, 6) is 0.308. The Kier molecular flexibility index (Phi) is 6.05. The molecule has 154 valence electrons. The van der Waals surface area contributed by atoms with Crippen LogP contribution in [0, 0.1) is 0 Å². The third-order valence-corrected chi connectivity index (χ3v) is 4.88. The largest absolute Gasteiger partial charge is 0.455 e. The predicted octanol–water partition coefficient (Wildman–Crippen LogP) is 3.39. The van der Waals surface area contributed by atoms with Gasteiger partial charge in [-0.15, -0.1) is 10.2 Å². The minimum absolute atomic E-state index is 0.0838. The van der Waals surface area contributed by atoms with Gasteiger partial charge >= 0.3 is 5.97 Å². The van der Waals surface area contributed by atoms with E-state index in [1.165, 1.54) is 0 Å². The Bertz CT molecular complexity index is 1070. The first-order valence-corrected chi connectivity index (χ1v) is 10.0. The minimum atomic E-state index is -0.591. The Balaban J connectivity index is 1.21. The van der Waals surface area contributed by atoms with Crippen LogP contribution in [0.4, 0.5) is 5.69 Å². The smallest absolute Gasteiger partial charge is 0.316 e. The number of carbonyl (C=O) groups excluding carboxylic acids is 2. The third-order valence-electron chi connectivity index (χ3n) is 3.83. The van der Waals surface area contributed by atoms with Gasteiger partial charge in [-0.1, -0.05) is 23.4 Å². The molecule has 0 bridgehead atoms. The number of thioether (sulfide) groups is 1. The highest BCUT2D eigenvalue weighted by Gasteiger charge is 2.16. The van der Waals surface area contributed by atoms with Gasteiger partial charge in [-0.3, -0.25) is 9.59 Å². The van der Waals surface area contributed by atoms with E-state index in [1.54, 1.807) is 42.5 Å². The van der Waals surface area contributed by atoms with Crippen LogP contribution in [-0.2, 0) is 14.3 Å². The van der Waals surface area contributed by atoms with Crippen molar-refractivity contribution < 1.29 is 28.2 Å². The number of hydrogen-bond acceptors (Lipinski definition) is 9. The average Bonchev–Trinajstić information content (AvgIpc) is 3.40. The van der Waals surface area contributed by atoms with Crippen molar-refractivity contribution in [3.05, 3.63) is 47.5 Å². The molecule has 2 heterocycles. The number of rotatable bonds is 7. The number of halogens is 1. The molecule has 1 aliphatic heterocycles. The molecule has 1 N–H and O–H groups in total. The molecule has 0 spiro atoms. The van der Waals surface area contributed by atoms with E-state index >= 15 is 0 Å². The van der Waals surface area contributed by atoms with Crippen LogP contribution < -0.4 is 14.8 Å². The highest BCUT2D eigenvalue weighted by atomic mass is 35.5. The Morgan fingerprint density at radius 2 is 1.90 bits per heavy atom. The van der Waals surface area contributed by atoms with E-state index in [1.807, 2.05) is 0 Å². The highest BCUT2D eigenvalue weighted by Crippen LogP contribution is 2.34. The van der Waals surface area contributed by atoms with Crippen molar-refractivity contribution in [2.24, 2.45) is 0 Å². The topological polar surface area (TPSA) is 113 Å². The second-order valence-corrected chi connectivity index (χ2v) is 7.31. The molecular formula is C19H14ClN3O6S. The summed E-state index contributed by atoms with van der Waals surface area (Å²) in [5.41, 5.74) is 1.22. The number of esters is 1. The summed E-state index contributed by atoms with van der Waals surface area (Å²) in [6.45, 7) is -0.281. The van der Waals surface area contributed by atoms with E-state index in [-0.39, 0.29) is 17.8 Å². The van der Waals surface area contributed by atoms with Gasteiger partial charge in [0.15, 0.2) is 18.1 Å². The number of fused-ring (bicyclic) bond motifs is 1. The maximum absolute atomic E-state index is 12.0. The Labute approximate surface area is 179 Å². The molecule has 1 aromatic heterocycles. The molecule has 2 aromatic carbocycles. The number of benzene rings is 2. The lowest BCUT2D eigenvalue weighted by Crippen LogP contribution is -2.21. The fourth-order valence-corrected chi connectivity index (χ4v) is 3.14. The summed E-state index contributed by atoms with van der Waals surface area (Å²) < 4.78 is 20.9. The zero-order valence-electron chi connectivity index (χ0n) is 15.3. The zero-order valence-corrected chi connectivity index (χ0v) is 16.9. The molecule has 3 aromatic rings. The molecule has 1 aliphatic rings. The average molecular weight is 448 g/mol. The van der Waals surface area contributed by atoms with E-state index in [2.05, 4.69) is 15.5 Å². The summed E-state index contributed by atoms with van der Waals surface area (Å²) in [6, 6.07) is 11.9. The van der Waals surface area contributed by atoms with E-state index in [0.29, 0.717) is 33.7 Å². The van der Waals surface area contributed by atoms with Gasteiger partial charge in [0, 0.05) is 22.3 Å². The molecule has 1 amide bonds. The fraction of sp³-hybridized carbons (Fsp3) is 0.158. The van der Waals surface area contributed by atoms with Crippen LogP contribution in [0.15, 0.2) is 52.1 Å². The number of amides is 1. The van der Waals surface area contributed by atoms with Gasteiger partial charge in [0.1, 0.15) is 5.75 Å². The molecule has 0 aliphatic carbocycles. The summed E-state index contributed by atoms with van der Waals surface area (Å²) in [7, 11) is 0. The number of aromatic nitrogens is 2. The van der Waals surface area contributed by atoms with Gasteiger partial charge in [0.05, 0.1) is 0 Å². The lowest BCUT2D eigenvalue weighted by Gasteiger charge is -2.07. The number of anilines is 1. The molecule has 0 saturated carbocycles.